The van der Waals surface area contributed by atoms with E-state index in [4.69, 9.17) is 9.47 Å². The van der Waals surface area contributed by atoms with Crippen molar-refractivity contribution < 1.29 is 19.1 Å². The Hall–Kier alpha value is -1.62. The molecule has 21 heavy (non-hydrogen) atoms. The molecule has 0 unspecified atom stereocenters. The van der Waals surface area contributed by atoms with Crippen LogP contribution in [-0.4, -0.2) is 38.2 Å². The van der Waals surface area contributed by atoms with Gasteiger partial charge in [-0.25, -0.2) is 0 Å². The van der Waals surface area contributed by atoms with Crippen LogP contribution in [0.5, 0.6) is 0 Å². The van der Waals surface area contributed by atoms with E-state index in [1.165, 1.54) is 12.2 Å². The average Bonchev–Trinajstić information content (AvgIpc) is 2.49. The van der Waals surface area contributed by atoms with Gasteiger partial charge >= 0.3 is 11.9 Å². The molecular formula is C16H29NO4. The molecule has 0 aliphatic carbocycles. The van der Waals surface area contributed by atoms with E-state index in [9.17, 15) is 9.59 Å². The van der Waals surface area contributed by atoms with E-state index in [-0.39, 0.29) is 25.2 Å². The third-order valence-electron chi connectivity index (χ3n) is 2.24. The Morgan fingerprint density at radius 3 is 1.52 bits per heavy atom. The molecule has 0 heterocycles. The van der Waals surface area contributed by atoms with Gasteiger partial charge in [0.2, 0.25) is 0 Å². The van der Waals surface area contributed by atoms with Crippen molar-refractivity contribution in [1.29, 1.82) is 0 Å². The molecule has 0 rings (SSSR count). The molecule has 122 valence electrons. The fourth-order valence-electron chi connectivity index (χ4n) is 1.24. The number of unbranched alkanes of at least 4 members (excludes halogenated alkanes) is 1. The summed E-state index contributed by atoms with van der Waals surface area (Å²) in [5, 5.41) is 3.11. The Morgan fingerprint density at radius 1 is 0.905 bits per heavy atom. The summed E-state index contributed by atoms with van der Waals surface area (Å²) in [7, 11) is 0. The number of carbonyl (C=O) groups excluding carboxylic acids is 2. The van der Waals surface area contributed by atoms with Crippen molar-refractivity contribution in [3.63, 3.8) is 0 Å². The number of rotatable bonds is 11. The molecule has 0 aliphatic heterocycles. The number of nitrogens with one attached hydrogen (secondary N) is 1. The van der Waals surface area contributed by atoms with Crippen molar-refractivity contribution in [2.24, 2.45) is 0 Å². The molecule has 0 fully saturated rings. The molecule has 1 N–H and O–H groups in total. The summed E-state index contributed by atoms with van der Waals surface area (Å²) < 4.78 is 9.55. The molecule has 5 heteroatoms. The summed E-state index contributed by atoms with van der Waals surface area (Å²) in [5.74, 6) is -0.529. The number of ether oxygens (including phenoxy) is 2. The third kappa shape index (κ3) is 20.8. The first-order valence-electron chi connectivity index (χ1n) is 7.36. The molecular weight excluding hydrogens is 270 g/mol. The van der Waals surface area contributed by atoms with Crippen LogP contribution in [0, 0.1) is 0 Å². The van der Waals surface area contributed by atoms with E-state index in [0.717, 1.165) is 13.1 Å². The van der Waals surface area contributed by atoms with Crippen LogP contribution >= 0.6 is 0 Å². The molecule has 0 bridgehead atoms. The van der Waals surface area contributed by atoms with Gasteiger partial charge in [-0.15, -0.1) is 0 Å². The monoisotopic (exact) mass is 299 g/mol. The molecule has 0 saturated carbocycles. The second kappa shape index (κ2) is 18.4. The van der Waals surface area contributed by atoms with E-state index in [2.05, 4.69) is 32.3 Å². The summed E-state index contributed by atoms with van der Waals surface area (Å²) in [6.45, 7) is 13.7. The van der Waals surface area contributed by atoms with Crippen LogP contribution in [-0.2, 0) is 19.1 Å². The van der Waals surface area contributed by atoms with E-state index < -0.39 is 0 Å². The average molecular weight is 299 g/mol. The smallest absolute Gasteiger partial charge is 0.306 e. The van der Waals surface area contributed by atoms with Crippen molar-refractivity contribution in [2.75, 3.05) is 26.3 Å². The SMILES string of the molecule is C=CCOC(=O)CCCCC(=O)OCC=C.CCNCC. The van der Waals surface area contributed by atoms with Crippen molar-refractivity contribution in [2.45, 2.75) is 39.5 Å². The van der Waals surface area contributed by atoms with Gasteiger partial charge < -0.3 is 14.8 Å². The van der Waals surface area contributed by atoms with E-state index >= 15 is 0 Å². The largest absolute Gasteiger partial charge is 0.461 e. The van der Waals surface area contributed by atoms with Crippen molar-refractivity contribution >= 4 is 11.9 Å². The van der Waals surface area contributed by atoms with Gasteiger partial charge in [-0.3, -0.25) is 9.59 Å². The lowest BCUT2D eigenvalue weighted by Crippen LogP contribution is -2.09. The first-order chi connectivity index (χ1) is 10.1. The maximum absolute atomic E-state index is 11.0. The van der Waals surface area contributed by atoms with E-state index in [1.807, 2.05) is 0 Å². The number of hydrogen-bond acceptors (Lipinski definition) is 5. The van der Waals surface area contributed by atoms with E-state index in [0.29, 0.717) is 25.7 Å². The summed E-state index contributed by atoms with van der Waals surface area (Å²) in [4.78, 5) is 22.0. The van der Waals surface area contributed by atoms with Crippen LogP contribution in [0.4, 0.5) is 0 Å². The molecule has 0 spiro atoms. The van der Waals surface area contributed by atoms with Gasteiger partial charge in [0.05, 0.1) is 0 Å². The van der Waals surface area contributed by atoms with Gasteiger partial charge in [-0.05, 0) is 25.9 Å². The Balaban J connectivity index is 0. The first-order valence-corrected chi connectivity index (χ1v) is 7.36. The fourth-order valence-corrected chi connectivity index (χ4v) is 1.24. The standard InChI is InChI=1S/C12H18O4.C4H11N/c1-3-9-15-11(13)7-5-6-8-12(14)16-10-4-2;1-3-5-4-2/h3-4H,1-2,5-10H2;5H,3-4H2,1-2H3. The predicted molar refractivity (Wildman–Crippen MR) is 85.0 cm³/mol. The van der Waals surface area contributed by atoms with Crippen LogP contribution in [0.2, 0.25) is 0 Å². The summed E-state index contributed by atoms with van der Waals surface area (Å²) in [6.07, 6.45) is 4.93. The van der Waals surface area contributed by atoms with Crippen LogP contribution in [0.15, 0.2) is 25.3 Å². The zero-order valence-corrected chi connectivity index (χ0v) is 13.4. The third-order valence-corrected chi connectivity index (χ3v) is 2.24. The molecule has 0 aromatic carbocycles. The van der Waals surface area contributed by atoms with Crippen LogP contribution in [0.3, 0.4) is 0 Å². The van der Waals surface area contributed by atoms with Crippen LogP contribution in [0.25, 0.3) is 0 Å². The summed E-state index contributed by atoms with van der Waals surface area (Å²) in [5.41, 5.74) is 0. The fraction of sp³-hybridized carbons (Fsp3) is 0.625. The maximum atomic E-state index is 11.0. The van der Waals surface area contributed by atoms with Crippen LogP contribution < -0.4 is 5.32 Å². The van der Waals surface area contributed by atoms with Gasteiger partial charge in [-0.2, -0.15) is 0 Å². The molecule has 0 amide bonds. The molecule has 0 saturated heterocycles. The minimum atomic E-state index is -0.264. The minimum absolute atomic E-state index is 0.236. The summed E-state index contributed by atoms with van der Waals surface area (Å²) in [6, 6.07) is 0. The van der Waals surface area contributed by atoms with Gasteiger partial charge in [0.15, 0.2) is 0 Å². The molecule has 5 nitrogen and oxygen atoms in total. The second-order valence-corrected chi connectivity index (χ2v) is 4.11. The van der Waals surface area contributed by atoms with Crippen LogP contribution in [0.1, 0.15) is 39.5 Å². The van der Waals surface area contributed by atoms with Gasteiger partial charge in [0, 0.05) is 12.8 Å². The topological polar surface area (TPSA) is 64.6 Å². The van der Waals surface area contributed by atoms with Gasteiger partial charge in [0.1, 0.15) is 13.2 Å². The Morgan fingerprint density at radius 2 is 1.29 bits per heavy atom. The molecule has 0 aliphatic rings. The predicted octanol–water partition coefficient (Wildman–Crippen LogP) is 2.62. The number of carbonyl (C=O) groups is 2. The highest BCUT2D eigenvalue weighted by atomic mass is 16.5. The van der Waals surface area contributed by atoms with Gasteiger partial charge in [-0.1, -0.05) is 39.2 Å². The lowest BCUT2D eigenvalue weighted by molar-refractivity contribution is -0.144. The molecule has 0 atom stereocenters. The van der Waals surface area contributed by atoms with E-state index in [1.54, 1.807) is 0 Å². The molecule has 0 aromatic heterocycles. The minimum Gasteiger partial charge on any atom is -0.461 e. The lowest BCUT2D eigenvalue weighted by atomic mass is 10.2. The molecule has 0 aromatic rings. The second-order valence-electron chi connectivity index (χ2n) is 4.11. The van der Waals surface area contributed by atoms with Crippen molar-refractivity contribution in [3.05, 3.63) is 25.3 Å². The number of esters is 2. The normalized spacial score (nSPS) is 9.05. The Kier molecular flexibility index (Phi) is 19.0. The highest BCUT2D eigenvalue weighted by molar-refractivity contribution is 5.70. The first kappa shape index (κ1) is 21.7. The Bertz CT molecular complexity index is 262. The number of hydrogen-bond donors (Lipinski definition) is 1. The quantitative estimate of drug-likeness (QED) is 0.361. The highest BCUT2D eigenvalue weighted by Gasteiger charge is 2.04. The zero-order valence-electron chi connectivity index (χ0n) is 13.4. The lowest BCUT2D eigenvalue weighted by Gasteiger charge is -2.02. The summed E-state index contributed by atoms with van der Waals surface area (Å²) >= 11 is 0. The highest BCUT2D eigenvalue weighted by Crippen LogP contribution is 2.02. The maximum Gasteiger partial charge on any atom is 0.306 e. The molecule has 0 radical (unpaired) electrons. The van der Waals surface area contributed by atoms with Gasteiger partial charge in [0.25, 0.3) is 0 Å². The van der Waals surface area contributed by atoms with Crippen molar-refractivity contribution in [1.82, 2.24) is 5.32 Å². The Labute approximate surface area is 128 Å². The van der Waals surface area contributed by atoms with Crippen molar-refractivity contribution in [3.8, 4) is 0 Å². The zero-order chi connectivity index (χ0) is 16.3.